The fourth-order valence-corrected chi connectivity index (χ4v) is 3.42. The highest BCUT2D eigenvalue weighted by Gasteiger charge is 2.30. The number of nitrogens with one attached hydrogen (secondary N) is 1. The molecule has 0 amide bonds. The van der Waals surface area contributed by atoms with E-state index < -0.39 is 11.7 Å². The van der Waals surface area contributed by atoms with Crippen LogP contribution >= 0.6 is 11.3 Å². The summed E-state index contributed by atoms with van der Waals surface area (Å²) in [7, 11) is 0. The molecule has 6 heteroatoms. The van der Waals surface area contributed by atoms with Crippen LogP contribution in [0.25, 0.3) is 11.3 Å². The Bertz CT molecular complexity index is 615. The Morgan fingerprint density at radius 1 is 1.33 bits per heavy atom. The number of nitrogens with zero attached hydrogens (tertiary/aromatic N) is 1. The van der Waals surface area contributed by atoms with Crippen LogP contribution in [0.2, 0.25) is 0 Å². The van der Waals surface area contributed by atoms with Crippen molar-refractivity contribution in [1.29, 1.82) is 0 Å². The largest absolute Gasteiger partial charge is 0.416 e. The van der Waals surface area contributed by atoms with Crippen LogP contribution in [-0.2, 0) is 12.6 Å². The van der Waals surface area contributed by atoms with E-state index in [-0.39, 0.29) is 0 Å². The zero-order valence-electron chi connectivity index (χ0n) is 11.3. The quantitative estimate of drug-likeness (QED) is 0.922. The minimum absolute atomic E-state index is 0.450. The Kier molecular flexibility index (Phi) is 3.99. The molecule has 1 aliphatic rings. The van der Waals surface area contributed by atoms with Crippen molar-refractivity contribution in [1.82, 2.24) is 10.3 Å². The molecule has 21 heavy (non-hydrogen) atoms. The molecule has 0 saturated carbocycles. The first-order chi connectivity index (χ1) is 10.0. The second-order valence-corrected chi connectivity index (χ2v) is 6.15. The summed E-state index contributed by atoms with van der Waals surface area (Å²) in [5.74, 6) is 0. The normalized spacial score (nSPS) is 19.1. The van der Waals surface area contributed by atoms with Gasteiger partial charge in [0.05, 0.1) is 16.3 Å². The third-order valence-corrected chi connectivity index (χ3v) is 4.49. The van der Waals surface area contributed by atoms with Crippen molar-refractivity contribution >= 4 is 11.3 Å². The highest BCUT2D eigenvalue weighted by atomic mass is 32.1. The van der Waals surface area contributed by atoms with E-state index in [0.717, 1.165) is 36.5 Å². The van der Waals surface area contributed by atoms with Crippen LogP contribution in [0.15, 0.2) is 29.6 Å². The first-order valence-electron chi connectivity index (χ1n) is 6.88. The van der Waals surface area contributed by atoms with Gasteiger partial charge in [-0.2, -0.15) is 13.2 Å². The van der Waals surface area contributed by atoms with Gasteiger partial charge in [0.2, 0.25) is 0 Å². The molecule has 0 radical (unpaired) electrons. The lowest BCUT2D eigenvalue weighted by Gasteiger charge is -2.08. The highest BCUT2D eigenvalue weighted by Crippen LogP contribution is 2.32. The Hall–Kier alpha value is -1.40. The molecule has 1 unspecified atom stereocenters. The van der Waals surface area contributed by atoms with E-state index in [1.165, 1.54) is 23.8 Å². The number of hydrogen-bond donors (Lipinski definition) is 1. The van der Waals surface area contributed by atoms with Gasteiger partial charge in [-0.15, -0.1) is 11.3 Å². The van der Waals surface area contributed by atoms with Gasteiger partial charge >= 0.3 is 6.18 Å². The first-order valence-corrected chi connectivity index (χ1v) is 7.76. The maximum absolute atomic E-state index is 12.7. The number of thiazole rings is 1. The van der Waals surface area contributed by atoms with Crippen LogP contribution in [0.5, 0.6) is 0 Å². The molecular weight excluding hydrogens is 297 g/mol. The molecule has 2 nitrogen and oxygen atoms in total. The molecule has 112 valence electrons. The lowest BCUT2D eigenvalue weighted by atomic mass is 10.1. The minimum atomic E-state index is -4.32. The SMILES string of the molecule is FC(F)(F)c1cccc(-c2csc(CC3CCCN3)n2)c1. The van der Waals surface area contributed by atoms with Crippen molar-refractivity contribution in [3.05, 3.63) is 40.2 Å². The summed E-state index contributed by atoms with van der Waals surface area (Å²) < 4.78 is 38.2. The van der Waals surface area contributed by atoms with Gasteiger partial charge in [-0.1, -0.05) is 12.1 Å². The molecule has 1 saturated heterocycles. The first kappa shape index (κ1) is 14.5. The van der Waals surface area contributed by atoms with E-state index in [1.807, 2.05) is 5.38 Å². The molecule has 3 rings (SSSR count). The maximum atomic E-state index is 12.7. The van der Waals surface area contributed by atoms with Crippen LogP contribution in [0.4, 0.5) is 13.2 Å². The standard InChI is InChI=1S/C15H15F3N2S/c16-15(17,18)11-4-1-3-10(7-11)13-9-21-14(20-13)8-12-5-2-6-19-12/h1,3-4,7,9,12,19H,2,5-6,8H2. The number of aromatic nitrogens is 1. The van der Waals surface area contributed by atoms with Gasteiger partial charge in [-0.25, -0.2) is 4.98 Å². The summed E-state index contributed by atoms with van der Waals surface area (Å²) >= 11 is 1.51. The predicted molar refractivity (Wildman–Crippen MR) is 77.3 cm³/mol. The molecule has 0 aliphatic carbocycles. The Balaban J connectivity index is 1.79. The van der Waals surface area contributed by atoms with E-state index in [9.17, 15) is 13.2 Å². The lowest BCUT2D eigenvalue weighted by molar-refractivity contribution is -0.137. The van der Waals surface area contributed by atoms with Crippen molar-refractivity contribution in [3.63, 3.8) is 0 Å². The molecule has 2 heterocycles. The fourth-order valence-electron chi connectivity index (χ4n) is 2.53. The number of benzene rings is 1. The van der Waals surface area contributed by atoms with Gasteiger partial charge in [0.1, 0.15) is 0 Å². The van der Waals surface area contributed by atoms with Gasteiger partial charge in [0.15, 0.2) is 0 Å². The Morgan fingerprint density at radius 3 is 2.90 bits per heavy atom. The van der Waals surface area contributed by atoms with Crippen LogP contribution < -0.4 is 5.32 Å². The molecule has 2 aromatic rings. The monoisotopic (exact) mass is 312 g/mol. The van der Waals surface area contributed by atoms with Gasteiger partial charge in [0.25, 0.3) is 0 Å². The van der Waals surface area contributed by atoms with E-state index in [1.54, 1.807) is 6.07 Å². The summed E-state index contributed by atoms with van der Waals surface area (Å²) in [6.45, 7) is 1.04. The molecule has 1 aliphatic heterocycles. The average Bonchev–Trinajstić information content (AvgIpc) is 3.10. The highest BCUT2D eigenvalue weighted by molar-refractivity contribution is 7.09. The molecular formula is C15H15F3N2S. The topological polar surface area (TPSA) is 24.9 Å². The smallest absolute Gasteiger partial charge is 0.314 e. The van der Waals surface area contributed by atoms with E-state index >= 15 is 0 Å². The third kappa shape index (κ3) is 3.44. The molecule has 1 N–H and O–H groups in total. The second kappa shape index (κ2) is 5.77. The van der Waals surface area contributed by atoms with Gasteiger partial charge in [-0.05, 0) is 31.5 Å². The third-order valence-electron chi connectivity index (χ3n) is 3.62. The fraction of sp³-hybridized carbons (Fsp3) is 0.400. The van der Waals surface area contributed by atoms with Crippen molar-refractivity contribution in [2.24, 2.45) is 0 Å². The van der Waals surface area contributed by atoms with E-state index in [2.05, 4.69) is 10.3 Å². The summed E-state index contributed by atoms with van der Waals surface area (Å²) in [6, 6.07) is 5.79. The lowest BCUT2D eigenvalue weighted by Crippen LogP contribution is -2.23. The second-order valence-electron chi connectivity index (χ2n) is 5.20. The van der Waals surface area contributed by atoms with Crippen molar-refractivity contribution < 1.29 is 13.2 Å². The zero-order valence-corrected chi connectivity index (χ0v) is 12.1. The van der Waals surface area contributed by atoms with Crippen LogP contribution in [0.1, 0.15) is 23.4 Å². The average molecular weight is 312 g/mol. The number of hydrogen-bond acceptors (Lipinski definition) is 3. The number of rotatable bonds is 3. The molecule has 1 aromatic carbocycles. The van der Waals surface area contributed by atoms with Gasteiger partial charge in [-0.3, -0.25) is 0 Å². The number of halogens is 3. The molecule has 1 atom stereocenters. The van der Waals surface area contributed by atoms with Crippen LogP contribution in [0, 0.1) is 0 Å². The Morgan fingerprint density at radius 2 is 2.19 bits per heavy atom. The minimum Gasteiger partial charge on any atom is -0.314 e. The van der Waals surface area contributed by atoms with Crippen molar-refractivity contribution in [2.75, 3.05) is 6.54 Å². The molecule has 1 aromatic heterocycles. The maximum Gasteiger partial charge on any atom is 0.416 e. The zero-order chi connectivity index (χ0) is 14.9. The van der Waals surface area contributed by atoms with E-state index in [0.29, 0.717) is 17.3 Å². The van der Waals surface area contributed by atoms with Gasteiger partial charge in [0, 0.05) is 23.4 Å². The molecule has 0 bridgehead atoms. The van der Waals surface area contributed by atoms with Gasteiger partial charge < -0.3 is 5.32 Å². The van der Waals surface area contributed by atoms with Crippen molar-refractivity contribution in [2.45, 2.75) is 31.5 Å². The summed E-state index contributed by atoms with van der Waals surface area (Å²) in [6.07, 6.45) is -1.15. The molecule has 1 fully saturated rings. The molecule has 0 spiro atoms. The summed E-state index contributed by atoms with van der Waals surface area (Å²) in [5, 5.41) is 6.21. The predicted octanol–water partition coefficient (Wildman–Crippen LogP) is 4.12. The summed E-state index contributed by atoms with van der Waals surface area (Å²) in [5.41, 5.74) is 0.512. The van der Waals surface area contributed by atoms with Crippen LogP contribution in [0.3, 0.4) is 0 Å². The van der Waals surface area contributed by atoms with Crippen LogP contribution in [-0.4, -0.2) is 17.6 Å². The summed E-state index contributed by atoms with van der Waals surface area (Å²) in [4.78, 5) is 4.48. The Labute approximate surface area is 125 Å². The number of alkyl halides is 3. The van der Waals surface area contributed by atoms with Crippen molar-refractivity contribution in [3.8, 4) is 11.3 Å². The van der Waals surface area contributed by atoms with E-state index in [4.69, 9.17) is 0 Å².